The summed E-state index contributed by atoms with van der Waals surface area (Å²) in [6.07, 6.45) is 0. The second kappa shape index (κ2) is 10.9. The molecule has 0 radical (unpaired) electrons. The van der Waals surface area contributed by atoms with Crippen molar-refractivity contribution >= 4 is 29.0 Å². The van der Waals surface area contributed by atoms with Gasteiger partial charge in [-0.3, -0.25) is 9.69 Å². The van der Waals surface area contributed by atoms with Gasteiger partial charge in [0.15, 0.2) is 0 Å². The van der Waals surface area contributed by atoms with E-state index in [1.165, 1.54) is 5.56 Å². The van der Waals surface area contributed by atoms with E-state index in [1.807, 2.05) is 37.3 Å². The van der Waals surface area contributed by atoms with Gasteiger partial charge >= 0.3 is 0 Å². The van der Waals surface area contributed by atoms with Gasteiger partial charge in [0.05, 0.1) is 19.3 Å². The van der Waals surface area contributed by atoms with Crippen LogP contribution in [0, 0.1) is 6.92 Å². The van der Waals surface area contributed by atoms with Gasteiger partial charge in [-0.2, -0.15) is 0 Å². The SMILES string of the molecule is Cc1csc(SCc2ccccc2C(=O)NCC(c2ccccc2)N2CCOCC2)n1. The van der Waals surface area contributed by atoms with Gasteiger partial charge in [0.1, 0.15) is 4.34 Å². The molecule has 7 heteroatoms. The number of rotatable bonds is 8. The van der Waals surface area contributed by atoms with Gasteiger partial charge in [-0.25, -0.2) is 4.98 Å². The van der Waals surface area contributed by atoms with Gasteiger partial charge in [0.25, 0.3) is 5.91 Å². The number of aromatic nitrogens is 1. The monoisotopic (exact) mass is 453 g/mol. The van der Waals surface area contributed by atoms with E-state index < -0.39 is 0 Å². The Morgan fingerprint density at radius 2 is 1.90 bits per heavy atom. The first-order valence-electron chi connectivity index (χ1n) is 10.5. The number of thiazole rings is 1. The van der Waals surface area contributed by atoms with Crippen molar-refractivity contribution < 1.29 is 9.53 Å². The molecule has 5 nitrogen and oxygen atoms in total. The number of benzene rings is 2. The van der Waals surface area contributed by atoms with Gasteiger partial charge < -0.3 is 10.1 Å². The molecule has 1 fully saturated rings. The lowest BCUT2D eigenvalue weighted by atomic mass is 10.0. The fraction of sp³-hybridized carbons (Fsp3) is 0.333. The molecule has 0 spiro atoms. The van der Waals surface area contributed by atoms with Crippen molar-refractivity contribution in [3.05, 3.63) is 82.4 Å². The predicted octanol–water partition coefficient (Wildman–Crippen LogP) is 4.55. The third kappa shape index (κ3) is 5.95. The molecule has 1 aromatic heterocycles. The number of nitrogens with zero attached hydrogens (tertiary/aromatic N) is 2. The van der Waals surface area contributed by atoms with E-state index in [0.717, 1.165) is 53.2 Å². The lowest BCUT2D eigenvalue weighted by molar-refractivity contribution is 0.0162. The summed E-state index contributed by atoms with van der Waals surface area (Å²) in [6.45, 7) is 5.77. The van der Waals surface area contributed by atoms with Gasteiger partial charge in [-0.1, -0.05) is 60.3 Å². The van der Waals surface area contributed by atoms with Crippen molar-refractivity contribution in [2.75, 3.05) is 32.8 Å². The highest BCUT2D eigenvalue weighted by atomic mass is 32.2. The number of hydrogen-bond acceptors (Lipinski definition) is 6. The molecule has 0 aliphatic carbocycles. The number of nitrogens with one attached hydrogen (secondary N) is 1. The topological polar surface area (TPSA) is 54.5 Å². The summed E-state index contributed by atoms with van der Waals surface area (Å²) in [7, 11) is 0. The first kappa shape index (κ1) is 22.0. The number of carbonyl (C=O) groups excluding carboxylic acids is 1. The first-order chi connectivity index (χ1) is 15.2. The Labute approximate surface area is 191 Å². The molecule has 1 atom stereocenters. The first-order valence-corrected chi connectivity index (χ1v) is 12.3. The third-order valence-corrected chi connectivity index (χ3v) is 7.53. The summed E-state index contributed by atoms with van der Waals surface area (Å²) in [5.74, 6) is 0.697. The number of thioether (sulfide) groups is 1. The van der Waals surface area contributed by atoms with Crippen LogP contribution in [0.1, 0.15) is 33.2 Å². The molecule has 1 N–H and O–H groups in total. The number of morpholine rings is 1. The molecule has 1 aliphatic rings. The van der Waals surface area contributed by atoms with Crippen molar-refractivity contribution in [1.82, 2.24) is 15.2 Å². The molecule has 1 unspecified atom stereocenters. The Hall–Kier alpha value is -2.19. The van der Waals surface area contributed by atoms with E-state index in [2.05, 4.69) is 44.8 Å². The summed E-state index contributed by atoms with van der Waals surface area (Å²) in [5.41, 5.74) is 4.01. The lowest BCUT2D eigenvalue weighted by Crippen LogP contribution is -2.43. The highest BCUT2D eigenvalue weighted by Crippen LogP contribution is 2.27. The van der Waals surface area contributed by atoms with E-state index >= 15 is 0 Å². The van der Waals surface area contributed by atoms with Crippen molar-refractivity contribution in [3.63, 3.8) is 0 Å². The summed E-state index contributed by atoms with van der Waals surface area (Å²) in [4.78, 5) is 20.0. The Kier molecular flexibility index (Phi) is 7.75. The fourth-order valence-corrected chi connectivity index (χ4v) is 5.57. The maximum atomic E-state index is 13.1. The van der Waals surface area contributed by atoms with Crippen LogP contribution in [0.25, 0.3) is 0 Å². The quantitative estimate of drug-likeness (QED) is 0.507. The third-order valence-electron chi connectivity index (χ3n) is 5.34. The Morgan fingerprint density at radius 1 is 1.16 bits per heavy atom. The van der Waals surface area contributed by atoms with Crippen LogP contribution >= 0.6 is 23.1 Å². The van der Waals surface area contributed by atoms with E-state index in [4.69, 9.17) is 4.74 Å². The zero-order chi connectivity index (χ0) is 21.5. The molecule has 3 aromatic rings. The van der Waals surface area contributed by atoms with E-state index in [-0.39, 0.29) is 11.9 Å². The second-order valence-corrected chi connectivity index (χ2v) is 9.57. The average molecular weight is 454 g/mol. The lowest BCUT2D eigenvalue weighted by Gasteiger charge is -2.35. The van der Waals surface area contributed by atoms with Gasteiger partial charge in [0.2, 0.25) is 0 Å². The standard InChI is InChI=1S/C24H27N3O2S2/c1-18-16-30-24(26-18)31-17-20-9-5-6-10-21(20)23(28)25-15-22(19-7-3-2-4-8-19)27-11-13-29-14-12-27/h2-10,16,22H,11-15,17H2,1H3,(H,25,28). The minimum atomic E-state index is -0.0271. The van der Waals surface area contributed by atoms with Gasteiger partial charge in [-0.05, 0) is 24.1 Å². The van der Waals surface area contributed by atoms with Crippen LogP contribution < -0.4 is 5.32 Å². The van der Waals surface area contributed by atoms with Crippen molar-refractivity contribution in [2.45, 2.75) is 23.1 Å². The number of carbonyl (C=O) groups is 1. The zero-order valence-corrected chi connectivity index (χ0v) is 19.3. The molecule has 2 aromatic carbocycles. The Bertz CT molecular complexity index is 987. The van der Waals surface area contributed by atoms with Crippen molar-refractivity contribution in [1.29, 1.82) is 0 Å². The minimum Gasteiger partial charge on any atom is -0.379 e. The van der Waals surface area contributed by atoms with E-state index in [9.17, 15) is 4.79 Å². The largest absolute Gasteiger partial charge is 0.379 e. The zero-order valence-electron chi connectivity index (χ0n) is 17.6. The maximum absolute atomic E-state index is 13.1. The summed E-state index contributed by atoms with van der Waals surface area (Å²) >= 11 is 3.32. The smallest absolute Gasteiger partial charge is 0.251 e. The molecular formula is C24H27N3O2S2. The van der Waals surface area contributed by atoms with Crippen LogP contribution in [0.4, 0.5) is 0 Å². The average Bonchev–Trinajstić information content (AvgIpc) is 3.24. The van der Waals surface area contributed by atoms with Crippen LogP contribution in [-0.4, -0.2) is 48.6 Å². The second-order valence-electron chi connectivity index (χ2n) is 7.49. The van der Waals surface area contributed by atoms with Crippen LogP contribution in [0.5, 0.6) is 0 Å². The number of aryl methyl sites for hydroxylation is 1. The molecule has 0 bridgehead atoms. The maximum Gasteiger partial charge on any atom is 0.251 e. The van der Waals surface area contributed by atoms with Crippen molar-refractivity contribution in [3.8, 4) is 0 Å². The summed E-state index contributed by atoms with van der Waals surface area (Å²) < 4.78 is 6.56. The molecule has 1 aliphatic heterocycles. The molecule has 1 saturated heterocycles. The fourth-order valence-electron chi connectivity index (χ4n) is 3.71. The number of ether oxygens (including phenoxy) is 1. The molecule has 2 heterocycles. The summed E-state index contributed by atoms with van der Waals surface area (Å²) in [6, 6.07) is 18.4. The predicted molar refractivity (Wildman–Crippen MR) is 127 cm³/mol. The van der Waals surface area contributed by atoms with Crippen LogP contribution in [0.3, 0.4) is 0 Å². The van der Waals surface area contributed by atoms with Gasteiger partial charge in [-0.15, -0.1) is 11.3 Å². The van der Waals surface area contributed by atoms with Gasteiger partial charge in [0, 0.05) is 42.0 Å². The highest BCUT2D eigenvalue weighted by molar-refractivity contribution is 8.00. The Balaban J connectivity index is 1.44. The molecule has 4 rings (SSSR count). The number of amides is 1. The molecule has 1 amide bonds. The van der Waals surface area contributed by atoms with E-state index in [1.54, 1.807) is 23.1 Å². The minimum absolute atomic E-state index is 0.0271. The highest BCUT2D eigenvalue weighted by Gasteiger charge is 2.23. The van der Waals surface area contributed by atoms with Crippen LogP contribution in [0.15, 0.2) is 64.3 Å². The van der Waals surface area contributed by atoms with Crippen LogP contribution in [-0.2, 0) is 10.5 Å². The molecular weight excluding hydrogens is 426 g/mol. The Morgan fingerprint density at radius 3 is 2.65 bits per heavy atom. The van der Waals surface area contributed by atoms with Crippen molar-refractivity contribution in [2.24, 2.45) is 0 Å². The summed E-state index contributed by atoms with van der Waals surface area (Å²) in [5, 5.41) is 5.25. The van der Waals surface area contributed by atoms with Crippen LogP contribution in [0.2, 0.25) is 0 Å². The molecule has 31 heavy (non-hydrogen) atoms. The molecule has 0 saturated carbocycles. The number of hydrogen-bond donors (Lipinski definition) is 1. The molecule has 162 valence electrons. The van der Waals surface area contributed by atoms with E-state index in [0.29, 0.717) is 6.54 Å². The normalized spacial score (nSPS) is 15.5.